The Morgan fingerprint density at radius 1 is 0.574 bits per heavy atom. The number of imidazole rings is 2. The number of nitriles is 2. The van der Waals surface area contributed by atoms with Crippen molar-refractivity contribution in [2.45, 2.75) is 0 Å². The Bertz CT molecular complexity index is 2790. The van der Waals surface area contributed by atoms with E-state index < -0.39 is 23.3 Å². The molecule has 0 saturated heterocycles. The number of hydrogen-bond acceptors (Lipinski definition) is 8. The maximum atomic E-state index is 14.5. The molecule has 0 aliphatic heterocycles. The number of benzene rings is 4. The molecule has 0 unspecified atom stereocenters. The molecule has 0 N–H and O–H groups in total. The highest BCUT2D eigenvalue weighted by Gasteiger charge is 2.19. The molecule has 14 heteroatoms. The van der Waals surface area contributed by atoms with E-state index in [0.717, 1.165) is 6.07 Å². The van der Waals surface area contributed by atoms with Gasteiger partial charge in [0.25, 0.3) is 11.8 Å². The summed E-state index contributed by atoms with van der Waals surface area (Å²) in [6, 6.07) is 20.5. The number of ether oxygens (including phenoxy) is 2. The first kappa shape index (κ1) is 34.9. The van der Waals surface area contributed by atoms with Crippen LogP contribution in [0.3, 0.4) is 0 Å². The second kappa shape index (κ2) is 14.6. The molecule has 0 aliphatic carbocycles. The highest BCUT2D eigenvalue weighted by atomic mass is 19.1. The topological polar surface area (TPSA) is 126 Å². The fourth-order valence-corrected chi connectivity index (χ4v) is 6.01. The third kappa shape index (κ3) is 6.29. The van der Waals surface area contributed by atoms with E-state index in [-0.39, 0.29) is 27.8 Å². The molecule has 264 valence electrons. The van der Waals surface area contributed by atoms with E-state index in [1.807, 2.05) is 12.1 Å². The van der Waals surface area contributed by atoms with Gasteiger partial charge in [-0.25, -0.2) is 37.5 Å². The van der Waals surface area contributed by atoms with Crippen LogP contribution in [0.4, 0.5) is 17.6 Å². The van der Waals surface area contributed by atoms with Gasteiger partial charge in [-0.15, -0.1) is 0 Å². The maximum absolute atomic E-state index is 14.5. The minimum atomic E-state index is -0.658. The van der Waals surface area contributed by atoms with Crippen molar-refractivity contribution in [3.8, 4) is 68.7 Å². The molecule has 10 nitrogen and oxygen atoms in total. The third-order valence-electron chi connectivity index (χ3n) is 8.50. The minimum absolute atomic E-state index is 0.0121. The molecule has 0 saturated carbocycles. The van der Waals surface area contributed by atoms with Gasteiger partial charge in [0.05, 0.1) is 61.3 Å². The Kier molecular flexibility index (Phi) is 9.41. The minimum Gasteiger partial charge on any atom is -0.478 e. The molecule has 0 aliphatic rings. The molecule has 0 radical (unpaired) electrons. The third-order valence-corrected chi connectivity index (χ3v) is 8.50. The predicted molar refractivity (Wildman–Crippen MR) is 190 cm³/mol. The lowest BCUT2D eigenvalue weighted by molar-refractivity contribution is 0.400. The van der Waals surface area contributed by atoms with Crippen LogP contribution >= 0.6 is 0 Å². The summed E-state index contributed by atoms with van der Waals surface area (Å²) in [4.78, 5) is 16.8. The van der Waals surface area contributed by atoms with E-state index >= 15 is 0 Å². The molecular formula is C40H24F4N8O2. The molecule has 4 aromatic carbocycles. The number of rotatable bonds is 6. The van der Waals surface area contributed by atoms with Gasteiger partial charge in [-0.3, -0.25) is 8.80 Å². The molecule has 0 amide bonds. The van der Waals surface area contributed by atoms with Crippen LogP contribution in [0.1, 0.15) is 11.1 Å². The highest BCUT2D eigenvalue weighted by molar-refractivity contribution is 5.78. The highest BCUT2D eigenvalue weighted by Crippen LogP contribution is 2.35. The van der Waals surface area contributed by atoms with Crippen LogP contribution in [-0.2, 0) is 0 Å². The monoisotopic (exact) mass is 724 g/mol. The number of nitrogens with zero attached hydrogens (tertiary/aromatic N) is 8. The largest absolute Gasteiger partial charge is 0.478 e. The summed E-state index contributed by atoms with van der Waals surface area (Å²) in [5, 5.41) is 18.5. The van der Waals surface area contributed by atoms with E-state index in [1.54, 1.807) is 64.2 Å². The molecule has 8 aromatic rings. The van der Waals surface area contributed by atoms with Crippen molar-refractivity contribution < 1.29 is 27.0 Å². The molecule has 4 aromatic heterocycles. The molecule has 0 fully saturated rings. The van der Waals surface area contributed by atoms with Gasteiger partial charge in [0.15, 0.2) is 0 Å². The second-order valence-electron chi connectivity index (χ2n) is 11.5. The first-order valence-corrected chi connectivity index (χ1v) is 16.0. The van der Waals surface area contributed by atoms with E-state index in [2.05, 4.69) is 19.9 Å². The fourth-order valence-electron chi connectivity index (χ4n) is 6.01. The van der Waals surface area contributed by atoms with Crippen molar-refractivity contribution in [1.82, 2.24) is 28.7 Å². The van der Waals surface area contributed by atoms with Crippen molar-refractivity contribution in [3.63, 3.8) is 0 Å². The second-order valence-corrected chi connectivity index (χ2v) is 11.5. The van der Waals surface area contributed by atoms with Crippen LogP contribution in [0.2, 0.25) is 0 Å². The molecule has 0 atom stereocenters. The number of fused-ring (bicyclic) bond motifs is 2. The summed E-state index contributed by atoms with van der Waals surface area (Å²) in [6.07, 6.45) is 9.80. The van der Waals surface area contributed by atoms with E-state index in [0.29, 0.717) is 51.1 Å². The van der Waals surface area contributed by atoms with Crippen molar-refractivity contribution in [3.05, 3.63) is 144 Å². The molecule has 0 bridgehead atoms. The first-order chi connectivity index (χ1) is 26.3. The van der Waals surface area contributed by atoms with Gasteiger partial charge in [0.2, 0.25) is 11.3 Å². The normalized spacial score (nSPS) is 10.7. The Morgan fingerprint density at radius 3 is 1.69 bits per heavy atom. The molecule has 4 heterocycles. The maximum Gasteiger partial charge on any atom is 0.258 e. The van der Waals surface area contributed by atoms with Crippen molar-refractivity contribution in [1.29, 1.82) is 10.5 Å². The van der Waals surface area contributed by atoms with Crippen LogP contribution in [0, 0.1) is 45.9 Å². The van der Waals surface area contributed by atoms with Crippen molar-refractivity contribution in [2.75, 3.05) is 14.2 Å². The lowest BCUT2D eigenvalue weighted by Gasteiger charge is -2.10. The van der Waals surface area contributed by atoms with E-state index in [4.69, 9.17) is 9.47 Å². The number of hydrogen-bond donors (Lipinski definition) is 0. The molecule has 8 rings (SSSR count). The predicted octanol–water partition coefficient (Wildman–Crippen LogP) is 8.44. The zero-order chi connectivity index (χ0) is 37.9. The summed E-state index contributed by atoms with van der Waals surface area (Å²) in [5.41, 5.74) is 4.29. The van der Waals surface area contributed by atoms with Crippen LogP contribution in [-0.4, -0.2) is 43.0 Å². The van der Waals surface area contributed by atoms with Crippen LogP contribution < -0.4 is 9.47 Å². The van der Waals surface area contributed by atoms with E-state index in [1.165, 1.54) is 62.8 Å². The average Bonchev–Trinajstić information content (AvgIpc) is 3.84. The molecular weight excluding hydrogens is 700 g/mol. The standard InChI is InChI=1S/2C20H12F2N4O/c1-27-20-19-25-11-18(26(19)7-6-24-20)12-2-5-17(22)16(9-12)15-4-3-14(21)8-13(15)10-23;1-27-20-19-25-11-17(26(19)8-7-24-20)12-5-6-15(21)14(9-12)18-13(10-23)3-2-4-16(18)22/h2*2-9,11H,1H3. The Morgan fingerprint density at radius 2 is 1.13 bits per heavy atom. The van der Waals surface area contributed by atoms with Crippen molar-refractivity contribution in [2.24, 2.45) is 0 Å². The quantitative estimate of drug-likeness (QED) is 0.157. The summed E-state index contributed by atoms with van der Waals surface area (Å²) >= 11 is 0. The van der Waals surface area contributed by atoms with Gasteiger partial charge in [0.1, 0.15) is 23.3 Å². The lowest BCUT2D eigenvalue weighted by atomic mass is 9.97. The lowest BCUT2D eigenvalue weighted by Crippen LogP contribution is -1.96. The van der Waals surface area contributed by atoms with Crippen LogP contribution in [0.5, 0.6) is 11.8 Å². The fraction of sp³-hybridized carbons (Fsp3) is 0.0500. The average molecular weight is 725 g/mol. The molecule has 0 spiro atoms. The van der Waals surface area contributed by atoms with E-state index in [9.17, 15) is 28.1 Å². The van der Waals surface area contributed by atoms with Gasteiger partial charge in [-0.2, -0.15) is 10.5 Å². The SMILES string of the molecule is COc1nccn2c(-c3ccc(F)c(-c4c(F)cccc4C#N)c3)cnc12.COc1nccn2c(-c3ccc(F)c(-c4ccc(F)cc4C#N)c3)cnc12. The summed E-state index contributed by atoms with van der Waals surface area (Å²) in [6.45, 7) is 0. The summed E-state index contributed by atoms with van der Waals surface area (Å²) in [7, 11) is 3.00. The smallest absolute Gasteiger partial charge is 0.258 e. The number of aromatic nitrogens is 6. The number of halogens is 4. The van der Waals surface area contributed by atoms with Gasteiger partial charge < -0.3 is 9.47 Å². The Hall–Kier alpha value is -7.58. The van der Waals surface area contributed by atoms with Gasteiger partial charge >= 0.3 is 0 Å². The Labute approximate surface area is 304 Å². The summed E-state index contributed by atoms with van der Waals surface area (Å²) in [5.74, 6) is -1.60. The van der Waals surface area contributed by atoms with Crippen LogP contribution in [0.25, 0.3) is 56.1 Å². The first-order valence-electron chi connectivity index (χ1n) is 16.0. The number of methoxy groups -OCH3 is 2. The Balaban J connectivity index is 0.000000167. The zero-order valence-corrected chi connectivity index (χ0v) is 28.3. The van der Waals surface area contributed by atoms with Gasteiger partial charge in [-0.05, 0) is 60.7 Å². The molecule has 54 heavy (non-hydrogen) atoms. The van der Waals surface area contributed by atoms with Crippen molar-refractivity contribution >= 4 is 11.3 Å². The van der Waals surface area contributed by atoms with Gasteiger partial charge in [-0.1, -0.05) is 12.1 Å². The summed E-state index contributed by atoms with van der Waals surface area (Å²) < 4.78 is 70.7. The van der Waals surface area contributed by atoms with Gasteiger partial charge in [0, 0.05) is 58.2 Å². The zero-order valence-electron chi connectivity index (χ0n) is 28.3. The van der Waals surface area contributed by atoms with Crippen LogP contribution in [0.15, 0.2) is 110 Å².